The van der Waals surface area contributed by atoms with Crippen molar-refractivity contribution in [1.29, 1.82) is 0 Å². The second kappa shape index (κ2) is 8.51. The molecule has 2 aromatic rings. The van der Waals surface area contributed by atoms with E-state index in [0.717, 1.165) is 31.4 Å². The highest BCUT2D eigenvalue weighted by molar-refractivity contribution is 5.77. The summed E-state index contributed by atoms with van der Waals surface area (Å²) in [5.41, 5.74) is 0.870. The van der Waals surface area contributed by atoms with Gasteiger partial charge in [-0.25, -0.2) is 4.98 Å². The zero-order valence-electron chi connectivity index (χ0n) is 13.4. The number of pyridine rings is 1. The summed E-state index contributed by atoms with van der Waals surface area (Å²) in [6.07, 6.45) is 6.74. The Morgan fingerprint density at radius 1 is 1.38 bits per heavy atom. The number of carbonyl (C=O) groups is 1. The molecule has 1 saturated heterocycles. The summed E-state index contributed by atoms with van der Waals surface area (Å²) in [4.78, 5) is 20.1. The quantitative estimate of drug-likeness (QED) is 0.787. The average Bonchev–Trinajstić information content (AvgIpc) is 3.11. The van der Waals surface area contributed by atoms with Crippen molar-refractivity contribution >= 4 is 5.91 Å². The number of nitrogens with one attached hydrogen (secondary N) is 2. The molecule has 2 N–H and O–H groups in total. The van der Waals surface area contributed by atoms with Gasteiger partial charge < -0.3 is 14.8 Å². The molecule has 0 aromatic carbocycles. The van der Waals surface area contributed by atoms with E-state index in [4.69, 9.17) is 9.47 Å². The van der Waals surface area contributed by atoms with Gasteiger partial charge in [0.15, 0.2) is 5.82 Å². The van der Waals surface area contributed by atoms with Crippen molar-refractivity contribution in [2.75, 3.05) is 19.8 Å². The van der Waals surface area contributed by atoms with Crippen LogP contribution in [0.4, 0.5) is 0 Å². The van der Waals surface area contributed by atoms with Crippen LogP contribution in [0.15, 0.2) is 24.5 Å². The smallest absolute Gasteiger partial charge is 0.246 e. The first-order chi connectivity index (χ1) is 11.8. The van der Waals surface area contributed by atoms with Crippen LogP contribution in [0.5, 0.6) is 0 Å². The molecule has 24 heavy (non-hydrogen) atoms. The molecule has 8 heteroatoms. The van der Waals surface area contributed by atoms with Crippen molar-refractivity contribution in [3.05, 3.63) is 30.4 Å². The van der Waals surface area contributed by atoms with E-state index >= 15 is 0 Å². The number of carbonyl (C=O) groups excluding carboxylic acids is 1. The van der Waals surface area contributed by atoms with E-state index in [1.165, 1.54) is 0 Å². The predicted octanol–water partition coefficient (Wildman–Crippen LogP) is 1.07. The van der Waals surface area contributed by atoms with Gasteiger partial charge in [0.1, 0.15) is 12.4 Å². The van der Waals surface area contributed by atoms with Crippen molar-refractivity contribution < 1.29 is 14.3 Å². The molecule has 0 aliphatic carbocycles. The summed E-state index contributed by atoms with van der Waals surface area (Å²) in [5, 5.41) is 9.69. The molecule has 128 valence electrons. The second-order valence-electron chi connectivity index (χ2n) is 5.62. The van der Waals surface area contributed by atoms with Gasteiger partial charge in [0.25, 0.3) is 0 Å². The van der Waals surface area contributed by atoms with Gasteiger partial charge in [0.05, 0.1) is 19.3 Å². The number of hydrogen-bond donors (Lipinski definition) is 2. The Morgan fingerprint density at radius 2 is 2.25 bits per heavy atom. The topological polar surface area (TPSA) is 102 Å². The number of ether oxygens (including phenoxy) is 2. The summed E-state index contributed by atoms with van der Waals surface area (Å²) < 4.78 is 11.0. The zero-order valence-corrected chi connectivity index (χ0v) is 13.4. The SMILES string of the molecule is O=C(COC[C@H]1CCCCO1)NCc1nc(-c2ccncc2)n[nH]1. The van der Waals surface area contributed by atoms with Gasteiger partial charge in [-0.1, -0.05) is 0 Å². The number of nitrogens with zero attached hydrogens (tertiary/aromatic N) is 3. The molecule has 8 nitrogen and oxygen atoms in total. The molecular weight excluding hydrogens is 310 g/mol. The highest BCUT2D eigenvalue weighted by atomic mass is 16.5. The lowest BCUT2D eigenvalue weighted by atomic mass is 10.1. The van der Waals surface area contributed by atoms with Gasteiger partial charge in [-0.05, 0) is 31.4 Å². The maximum Gasteiger partial charge on any atom is 0.246 e. The first-order valence-corrected chi connectivity index (χ1v) is 8.09. The van der Waals surface area contributed by atoms with Crippen molar-refractivity contribution in [1.82, 2.24) is 25.5 Å². The van der Waals surface area contributed by atoms with E-state index in [1.54, 1.807) is 12.4 Å². The Bertz CT molecular complexity index is 640. The summed E-state index contributed by atoms with van der Waals surface area (Å²) >= 11 is 0. The van der Waals surface area contributed by atoms with Crippen LogP contribution in [0.1, 0.15) is 25.1 Å². The third kappa shape index (κ3) is 4.84. The highest BCUT2D eigenvalue weighted by Crippen LogP contribution is 2.13. The van der Waals surface area contributed by atoms with E-state index < -0.39 is 0 Å². The number of aromatic amines is 1. The average molecular weight is 331 g/mol. The van der Waals surface area contributed by atoms with Gasteiger partial charge in [-0.2, -0.15) is 5.10 Å². The van der Waals surface area contributed by atoms with E-state index in [0.29, 0.717) is 18.3 Å². The second-order valence-corrected chi connectivity index (χ2v) is 5.62. The van der Waals surface area contributed by atoms with E-state index in [2.05, 4.69) is 25.5 Å². The molecule has 0 spiro atoms. The van der Waals surface area contributed by atoms with Crippen LogP contribution in [0.25, 0.3) is 11.4 Å². The standard InChI is InChI=1S/C16H21N5O3/c22-15(11-23-10-13-3-1-2-8-24-13)18-9-14-19-16(21-20-14)12-4-6-17-7-5-12/h4-7,13H,1-3,8-11H2,(H,18,22)(H,19,20,21)/t13-/m1/s1. The normalized spacial score (nSPS) is 17.6. The summed E-state index contributed by atoms with van der Waals surface area (Å²) in [6.45, 7) is 1.54. The van der Waals surface area contributed by atoms with Crippen LogP contribution in [-0.4, -0.2) is 52.0 Å². The largest absolute Gasteiger partial charge is 0.376 e. The van der Waals surface area contributed by atoms with Crippen LogP contribution in [0.3, 0.4) is 0 Å². The number of H-pyrrole nitrogens is 1. The van der Waals surface area contributed by atoms with Gasteiger partial charge in [-0.3, -0.25) is 14.9 Å². The third-order valence-electron chi connectivity index (χ3n) is 3.73. The number of amides is 1. The van der Waals surface area contributed by atoms with Crippen LogP contribution in [0, 0.1) is 0 Å². The molecule has 0 bridgehead atoms. The molecule has 1 fully saturated rings. The number of rotatable bonds is 7. The minimum Gasteiger partial charge on any atom is -0.376 e. The summed E-state index contributed by atoms with van der Waals surface area (Å²) in [7, 11) is 0. The Balaban J connectivity index is 1.38. The maximum absolute atomic E-state index is 11.8. The van der Waals surface area contributed by atoms with E-state index in [-0.39, 0.29) is 25.2 Å². The Morgan fingerprint density at radius 3 is 3.04 bits per heavy atom. The van der Waals surface area contributed by atoms with Crippen LogP contribution >= 0.6 is 0 Å². The molecule has 3 heterocycles. The summed E-state index contributed by atoms with van der Waals surface area (Å²) in [5.74, 6) is 0.978. The predicted molar refractivity (Wildman–Crippen MR) is 85.9 cm³/mol. The zero-order chi connectivity index (χ0) is 16.6. The van der Waals surface area contributed by atoms with Gasteiger partial charge in [-0.15, -0.1) is 0 Å². The lowest BCUT2D eigenvalue weighted by Gasteiger charge is -2.22. The summed E-state index contributed by atoms with van der Waals surface area (Å²) in [6, 6.07) is 3.65. The molecule has 1 aliphatic heterocycles. The molecule has 0 saturated carbocycles. The minimum atomic E-state index is -0.187. The fraction of sp³-hybridized carbons (Fsp3) is 0.500. The van der Waals surface area contributed by atoms with Crippen molar-refractivity contribution in [3.8, 4) is 11.4 Å². The van der Waals surface area contributed by atoms with Crippen molar-refractivity contribution in [3.63, 3.8) is 0 Å². The van der Waals surface area contributed by atoms with Gasteiger partial charge in [0.2, 0.25) is 5.91 Å². The Kier molecular flexibility index (Phi) is 5.86. The first-order valence-electron chi connectivity index (χ1n) is 8.09. The maximum atomic E-state index is 11.8. The molecule has 0 radical (unpaired) electrons. The molecule has 0 unspecified atom stereocenters. The molecule has 1 amide bonds. The monoisotopic (exact) mass is 331 g/mol. The molecular formula is C16H21N5O3. The van der Waals surface area contributed by atoms with E-state index in [9.17, 15) is 4.79 Å². The number of hydrogen-bond acceptors (Lipinski definition) is 6. The minimum absolute atomic E-state index is 0.0191. The van der Waals surface area contributed by atoms with Crippen molar-refractivity contribution in [2.24, 2.45) is 0 Å². The van der Waals surface area contributed by atoms with Crippen LogP contribution < -0.4 is 5.32 Å². The van der Waals surface area contributed by atoms with Crippen LogP contribution in [0.2, 0.25) is 0 Å². The molecule has 3 rings (SSSR count). The Hall–Kier alpha value is -2.32. The van der Waals surface area contributed by atoms with E-state index in [1.807, 2.05) is 12.1 Å². The lowest BCUT2D eigenvalue weighted by Crippen LogP contribution is -2.30. The molecule has 2 aromatic heterocycles. The number of aromatic nitrogens is 4. The van der Waals surface area contributed by atoms with Gasteiger partial charge >= 0.3 is 0 Å². The lowest BCUT2D eigenvalue weighted by molar-refractivity contribution is -0.128. The van der Waals surface area contributed by atoms with Crippen molar-refractivity contribution in [2.45, 2.75) is 31.9 Å². The fourth-order valence-corrected chi connectivity index (χ4v) is 2.46. The molecule has 1 aliphatic rings. The van der Waals surface area contributed by atoms with Crippen LogP contribution in [-0.2, 0) is 20.8 Å². The highest BCUT2D eigenvalue weighted by Gasteiger charge is 2.14. The Labute approximate surface area is 140 Å². The fourth-order valence-electron chi connectivity index (χ4n) is 2.46. The first kappa shape index (κ1) is 16.5. The van der Waals surface area contributed by atoms with Gasteiger partial charge in [0, 0.05) is 24.6 Å². The molecule has 1 atom stereocenters. The third-order valence-corrected chi connectivity index (χ3v) is 3.73.